The standard InChI is InChI=1S/C8H12N2O2S/c1-5(2)12-8(11)10-7-9-4-6(3)13-7/h4-5H,1-3H3,(H,9,10,11). The first-order valence-electron chi connectivity index (χ1n) is 3.98. The third-order valence-corrected chi connectivity index (χ3v) is 2.00. The Morgan fingerprint density at radius 3 is 2.85 bits per heavy atom. The minimum Gasteiger partial charge on any atom is -0.447 e. The van der Waals surface area contributed by atoms with Gasteiger partial charge in [-0.05, 0) is 20.8 Å². The van der Waals surface area contributed by atoms with Gasteiger partial charge in [-0.25, -0.2) is 9.78 Å². The van der Waals surface area contributed by atoms with Gasteiger partial charge in [0.1, 0.15) is 0 Å². The predicted octanol–water partition coefficient (Wildman–Crippen LogP) is 2.41. The van der Waals surface area contributed by atoms with Crippen LogP contribution in [0, 0.1) is 6.92 Å². The molecule has 13 heavy (non-hydrogen) atoms. The number of carbonyl (C=O) groups is 1. The van der Waals surface area contributed by atoms with Crippen LogP contribution in [0.15, 0.2) is 6.20 Å². The SMILES string of the molecule is Cc1cnc(NC(=O)OC(C)C)s1. The van der Waals surface area contributed by atoms with E-state index >= 15 is 0 Å². The van der Waals surface area contributed by atoms with E-state index in [1.54, 1.807) is 20.0 Å². The monoisotopic (exact) mass is 200 g/mol. The Balaban J connectivity index is 2.45. The summed E-state index contributed by atoms with van der Waals surface area (Å²) in [7, 11) is 0. The van der Waals surface area contributed by atoms with Crippen LogP contribution in [0.2, 0.25) is 0 Å². The van der Waals surface area contributed by atoms with Crippen LogP contribution in [0.3, 0.4) is 0 Å². The molecule has 0 bridgehead atoms. The summed E-state index contributed by atoms with van der Waals surface area (Å²) in [6.45, 7) is 5.52. The second-order valence-electron chi connectivity index (χ2n) is 2.86. The summed E-state index contributed by atoms with van der Waals surface area (Å²) >= 11 is 1.42. The summed E-state index contributed by atoms with van der Waals surface area (Å²) in [6, 6.07) is 0. The van der Waals surface area contributed by atoms with Gasteiger partial charge in [0, 0.05) is 11.1 Å². The zero-order valence-corrected chi connectivity index (χ0v) is 8.64. The fourth-order valence-corrected chi connectivity index (χ4v) is 1.39. The first-order chi connectivity index (χ1) is 6.08. The second-order valence-corrected chi connectivity index (χ2v) is 4.09. The van der Waals surface area contributed by atoms with Gasteiger partial charge in [-0.3, -0.25) is 5.32 Å². The lowest BCUT2D eigenvalue weighted by atomic mass is 10.5. The molecule has 0 saturated heterocycles. The van der Waals surface area contributed by atoms with Crippen molar-refractivity contribution in [1.82, 2.24) is 4.98 Å². The summed E-state index contributed by atoms with van der Waals surface area (Å²) < 4.78 is 4.88. The van der Waals surface area contributed by atoms with Gasteiger partial charge < -0.3 is 4.74 Å². The van der Waals surface area contributed by atoms with Crippen molar-refractivity contribution < 1.29 is 9.53 Å². The zero-order valence-electron chi connectivity index (χ0n) is 7.83. The molecule has 1 N–H and O–H groups in total. The van der Waals surface area contributed by atoms with Crippen LogP contribution in [-0.4, -0.2) is 17.2 Å². The lowest BCUT2D eigenvalue weighted by molar-refractivity contribution is 0.130. The quantitative estimate of drug-likeness (QED) is 0.797. The molecule has 72 valence electrons. The Kier molecular flexibility index (Phi) is 3.25. The maximum absolute atomic E-state index is 11.1. The fraction of sp³-hybridized carbons (Fsp3) is 0.500. The second kappa shape index (κ2) is 4.23. The van der Waals surface area contributed by atoms with Crippen LogP contribution in [0.1, 0.15) is 18.7 Å². The molecule has 0 radical (unpaired) electrons. The number of hydrogen-bond donors (Lipinski definition) is 1. The summed E-state index contributed by atoms with van der Waals surface area (Å²) in [6.07, 6.45) is 1.14. The van der Waals surface area contributed by atoms with Crippen molar-refractivity contribution in [1.29, 1.82) is 0 Å². The van der Waals surface area contributed by atoms with Gasteiger partial charge in [0.05, 0.1) is 6.10 Å². The highest BCUT2D eigenvalue weighted by Gasteiger charge is 2.07. The number of ether oxygens (including phenoxy) is 1. The van der Waals surface area contributed by atoms with Gasteiger partial charge in [0.15, 0.2) is 5.13 Å². The minimum absolute atomic E-state index is 0.110. The van der Waals surface area contributed by atoms with Crippen LogP contribution in [0.25, 0.3) is 0 Å². The number of thiazole rings is 1. The molecule has 5 heteroatoms. The molecule has 0 aliphatic heterocycles. The third kappa shape index (κ3) is 3.42. The number of nitrogens with zero attached hydrogens (tertiary/aromatic N) is 1. The number of nitrogens with one attached hydrogen (secondary N) is 1. The topological polar surface area (TPSA) is 51.2 Å². The Labute approximate surface area is 80.9 Å². The molecule has 1 rings (SSSR count). The molecular weight excluding hydrogens is 188 g/mol. The molecule has 0 unspecified atom stereocenters. The zero-order chi connectivity index (χ0) is 9.84. The van der Waals surface area contributed by atoms with Crippen LogP contribution in [-0.2, 0) is 4.74 Å². The molecule has 1 aromatic rings. The molecule has 0 saturated carbocycles. The van der Waals surface area contributed by atoms with Crippen molar-refractivity contribution in [2.45, 2.75) is 26.9 Å². The summed E-state index contributed by atoms with van der Waals surface area (Å²) in [5.74, 6) is 0. The molecule has 0 fully saturated rings. The summed E-state index contributed by atoms with van der Waals surface area (Å²) in [4.78, 5) is 16.1. The van der Waals surface area contributed by atoms with Crippen LogP contribution in [0.5, 0.6) is 0 Å². The number of rotatable bonds is 2. The lowest BCUT2D eigenvalue weighted by Gasteiger charge is -2.06. The van der Waals surface area contributed by atoms with Crippen LogP contribution < -0.4 is 5.32 Å². The van der Waals surface area contributed by atoms with E-state index in [1.165, 1.54) is 11.3 Å². The van der Waals surface area contributed by atoms with Crippen LogP contribution in [0.4, 0.5) is 9.93 Å². The number of aryl methyl sites for hydroxylation is 1. The average Bonchev–Trinajstić information content (AvgIpc) is 2.33. The first-order valence-corrected chi connectivity index (χ1v) is 4.79. The van der Waals surface area contributed by atoms with Crippen molar-refractivity contribution in [2.24, 2.45) is 0 Å². The van der Waals surface area contributed by atoms with Crippen molar-refractivity contribution in [3.8, 4) is 0 Å². The number of amides is 1. The highest BCUT2D eigenvalue weighted by molar-refractivity contribution is 7.15. The Bertz CT molecular complexity index is 296. The lowest BCUT2D eigenvalue weighted by Crippen LogP contribution is -2.17. The molecule has 1 aromatic heterocycles. The normalized spacial score (nSPS) is 10.2. The molecule has 4 nitrogen and oxygen atoms in total. The molecule has 0 spiro atoms. The largest absolute Gasteiger partial charge is 0.447 e. The van der Waals surface area contributed by atoms with Crippen molar-refractivity contribution >= 4 is 22.6 Å². The van der Waals surface area contributed by atoms with E-state index in [4.69, 9.17) is 4.74 Å². The number of anilines is 1. The van der Waals surface area contributed by atoms with E-state index < -0.39 is 6.09 Å². The van der Waals surface area contributed by atoms with Crippen molar-refractivity contribution in [3.63, 3.8) is 0 Å². The van der Waals surface area contributed by atoms with E-state index in [9.17, 15) is 4.79 Å². The summed E-state index contributed by atoms with van der Waals surface area (Å²) in [5, 5.41) is 3.11. The van der Waals surface area contributed by atoms with Gasteiger partial charge in [0.2, 0.25) is 0 Å². The van der Waals surface area contributed by atoms with E-state index in [0.717, 1.165) is 4.88 Å². The predicted molar refractivity (Wildman–Crippen MR) is 52.1 cm³/mol. The van der Waals surface area contributed by atoms with E-state index in [0.29, 0.717) is 5.13 Å². The number of aromatic nitrogens is 1. The Morgan fingerprint density at radius 2 is 2.38 bits per heavy atom. The Hall–Kier alpha value is -1.10. The molecule has 1 amide bonds. The third-order valence-electron chi connectivity index (χ3n) is 1.17. The fourth-order valence-electron chi connectivity index (χ4n) is 0.743. The van der Waals surface area contributed by atoms with Crippen molar-refractivity contribution in [3.05, 3.63) is 11.1 Å². The maximum Gasteiger partial charge on any atom is 0.413 e. The smallest absolute Gasteiger partial charge is 0.413 e. The van der Waals surface area contributed by atoms with Gasteiger partial charge in [-0.15, -0.1) is 11.3 Å². The number of hydrogen-bond acceptors (Lipinski definition) is 4. The van der Waals surface area contributed by atoms with Gasteiger partial charge in [-0.1, -0.05) is 0 Å². The van der Waals surface area contributed by atoms with Gasteiger partial charge >= 0.3 is 6.09 Å². The molecule has 0 aliphatic rings. The van der Waals surface area contributed by atoms with E-state index in [2.05, 4.69) is 10.3 Å². The first kappa shape index (κ1) is 9.98. The Morgan fingerprint density at radius 1 is 1.69 bits per heavy atom. The van der Waals surface area contributed by atoms with E-state index in [1.807, 2.05) is 6.92 Å². The summed E-state index contributed by atoms with van der Waals surface area (Å²) in [5.41, 5.74) is 0. The average molecular weight is 200 g/mol. The maximum atomic E-state index is 11.1. The molecule has 1 heterocycles. The van der Waals surface area contributed by atoms with E-state index in [-0.39, 0.29) is 6.10 Å². The molecule has 0 aliphatic carbocycles. The van der Waals surface area contributed by atoms with Gasteiger partial charge in [0.25, 0.3) is 0 Å². The van der Waals surface area contributed by atoms with Gasteiger partial charge in [-0.2, -0.15) is 0 Å². The molecule has 0 atom stereocenters. The van der Waals surface area contributed by atoms with Crippen LogP contribution >= 0.6 is 11.3 Å². The molecule has 0 aromatic carbocycles. The van der Waals surface area contributed by atoms with Crippen molar-refractivity contribution in [2.75, 3.05) is 5.32 Å². The minimum atomic E-state index is -0.454. The number of carbonyl (C=O) groups excluding carboxylic acids is 1. The highest BCUT2D eigenvalue weighted by atomic mass is 32.1. The highest BCUT2D eigenvalue weighted by Crippen LogP contribution is 2.16. The molecular formula is C8H12N2O2S.